The van der Waals surface area contributed by atoms with Crippen molar-refractivity contribution >= 4 is 17.3 Å². The smallest absolute Gasteiger partial charge is 0.190 e. The largest absolute Gasteiger partial charge is 0.361 e. The first-order valence-electron chi connectivity index (χ1n) is 8.09. The Balaban J connectivity index is 1.81. The maximum Gasteiger partial charge on any atom is 0.190 e. The van der Waals surface area contributed by atoms with Crippen molar-refractivity contribution in [3.8, 4) is 11.3 Å². The summed E-state index contributed by atoms with van der Waals surface area (Å²) in [5, 5.41) is 9.61. The third-order valence-electron chi connectivity index (χ3n) is 3.95. The Morgan fingerprint density at radius 3 is 2.60 bits per heavy atom. The molecule has 0 radical (unpaired) electrons. The van der Waals surface area contributed by atoms with Crippen molar-refractivity contribution in [3.63, 3.8) is 0 Å². The standard InChI is InChI=1S/C19H18N4OS/c1-12-9-13(2)21-23-18(12)17(15-7-5-4-6-8-15)20-19(23)25-11-16-10-14(3)24-22-16/h4-10H,11H2,1-3H3. The summed E-state index contributed by atoms with van der Waals surface area (Å²) in [6.07, 6.45) is 0. The van der Waals surface area contributed by atoms with Crippen molar-refractivity contribution in [2.24, 2.45) is 0 Å². The Labute approximate surface area is 150 Å². The molecule has 6 heteroatoms. The fraction of sp³-hybridized carbons (Fsp3) is 0.211. The van der Waals surface area contributed by atoms with E-state index in [0.29, 0.717) is 5.75 Å². The van der Waals surface area contributed by atoms with Gasteiger partial charge in [-0.05, 0) is 32.4 Å². The molecule has 3 aromatic heterocycles. The SMILES string of the molecule is Cc1cc(C)c2c(-c3ccccc3)nc(SCc3cc(C)on3)n2n1. The Hall–Kier alpha value is -2.60. The van der Waals surface area contributed by atoms with Crippen molar-refractivity contribution in [2.45, 2.75) is 31.7 Å². The predicted octanol–water partition coefficient (Wildman–Crippen LogP) is 4.60. The third-order valence-corrected chi connectivity index (χ3v) is 4.92. The van der Waals surface area contributed by atoms with Gasteiger partial charge in [-0.25, -0.2) is 9.50 Å². The summed E-state index contributed by atoms with van der Waals surface area (Å²) in [7, 11) is 0. The van der Waals surface area contributed by atoms with E-state index < -0.39 is 0 Å². The number of imidazole rings is 1. The van der Waals surface area contributed by atoms with Crippen molar-refractivity contribution < 1.29 is 4.52 Å². The molecule has 126 valence electrons. The predicted molar refractivity (Wildman–Crippen MR) is 98.7 cm³/mol. The van der Waals surface area contributed by atoms with Gasteiger partial charge in [0.2, 0.25) is 0 Å². The van der Waals surface area contributed by atoms with Gasteiger partial charge in [-0.1, -0.05) is 47.3 Å². The molecule has 0 unspecified atom stereocenters. The summed E-state index contributed by atoms with van der Waals surface area (Å²) >= 11 is 1.62. The van der Waals surface area contributed by atoms with Crippen molar-refractivity contribution in [2.75, 3.05) is 0 Å². The zero-order valence-corrected chi connectivity index (χ0v) is 15.2. The quantitative estimate of drug-likeness (QED) is 0.503. The van der Waals surface area contributed by atoms with E-state index in [2.05, 4.69) is 35.4 Å². The first kappa shape index (κ1) is 15.9. The van der Waals surface area contributed by atoms with Crippen molar-refractivity contribution in [1.82, 2.24) is 19.8 Å². The molecule has 0 fully saturated rings. The normalized spacial score (nSPS) is 11.3. The van der Waals surface area contributed by atoms with Crippen molar-refractivity contribution in [1.29, 1.82) is 0 Å². The molecular formula is C19H18N4OS. The highest BCUT2D eigenvalue weighted by Gasteiger charge is 2.17. The van der Waals surface area contributed by atoms with E-state index >= 15 is 0 Å². The number of rotatable bonds is 4. The van der Waals surface area contributed by atoms with Gasteiger partial charge < -0.3 is 4.52 Å². The fourth-order valence-corrected chi connectivity index (χ4v) is 3.75. The van der Waals surface area contributed by atoms with Crippen molar-refractivity contribution in [3.05, 3.63) is 65.2 Å². The highest BCUT2D eigenvalue weighted by Crippen LogP contribution is 2.31. The average Bonchev–Trinajstić information content (AvgIpc) is 3.17. The molecule has 0 saturated carbocycles. The molecular weight excluding hydrogens is 332 g/mol. The maximum atomic E-state index is 5.15. The Bertz CT molecular complexity index is 1040. The van der Waals surface area contributed by atoms with Crippen LogP contribution in [0.2, 0.25) is 0 Å². The summed E-state index contributed by atoms with van der Waals surface area (Å²) in [6.45, 7) is 6.01. The Morgan fingerprint density at radius 1 is 1.08 bits per heavy atom. The van der Waals surface area contributed by atoms with E-state index in [1.807, 2.05) is 42.6 Å². The highest BCUT2D eigenvalue weighted by atomic mass is 32.2. The zero-order chi connectivity index (χ0) is 17.4. The topological polar surface area (TPSA) is 56.2 Å². The van der Waals surface area contributed by atoms with Crippen LogP contribution in [-0.4, -0.2) is 19.8 Å². The minimum absolute atomic E-state index is 0.694. The van der Waals surface area contributed by atoms with Crippen LogP contribution in [-0.2, 0) is 5.75 Å². The van der Waals surface area contributed by atoms with Crippen LogP contribution in [0.4, 0.5) is 0 Å². The minimum Gasteiger partial charge on any atom is -0.361 e. The lowest BCUT2D eigenvalue weighted by Crippen LogP contribution is -1.98. The number of thioether (sulfide) groups is 1. The number of aromatic nitrogens is 4. The number of nitrogens with zero attached hydrogens (tertiary/aromatic N) is 4. The molecule has 4 rings (SSSR count). The second-order valence-corrected chi connectivity index (χ2v) is 7.00. The van der Waals surface area contributed by atoms with Gasteiger partial charge in [0.05, 0.1) is 22.6 Å². The molecule has 0 spiro atoms. The van der Waals surface area contributed by atoms with Gasteiger partial charge in [-0.2, -0.15) is 5.10 Å². The van der Waals surface area contributed by atoms with Crippen LogP contribution >= 0.6 is 11.8 Å². The lowest BCUT2D eigenvalue weighted by Gasteiger charge is -2.04. The molecule has 3 heterocycles. The van der Waals surface area contributed by atoms with Gasteiger partial charge in [0.1, 0.15) is 5.76 Å². The molecule has 5 nitrogen and oxygen atoms in total. The van der Waals surface area contributed by atoms with Crippen LogP contribution in [0.5, 0.6) is 0 Å². The van der Waals surface area contributed by atoms with E-state index in [1.165, 1.54) is 5.56 Å². The summed E-state index contributed by atoms with van der Waals surface area (Å²) in [5.74, 6) is 1.51. The Morgan fingerprint density at radius 2 is 1.88 bits per heavy atom. The molecule has 0 saturated heterocycles. The van der Waals surface area contributed by atoms with Gasteiger partial charge in [0, 0.05) is 17.4 Å². The first-order valence-corrected chi connectivity index (χ1v) is 9.08. The monoisotopic (exact) mass is 350 g/mol. The van der Waals surface area contributed by atoms with Gasteiger partial charge in [-0.3, -0.25) is 0 Å². The van der Waals surface area contributed by atoms with Crippen LogP contribution in [0.3, 0.4) is 0 Å². The summed E-state index contributed by atoms with van der Waals surface area (Å²) < 4.78 is 7.10. The van der Waals surface area contributed by atoms with Crippen LogP contribution in [0.25, 0.3) is 16.8 Å². The Kier molecular flexibility index (Phi) is 4.05. The molecule has 0 amide bonds. The van der Waals surface area contributed by atoms with Gasteiger partial charge in [0.25, 0.3) is 0 Å². The van der Waals surface area contributed by atoms with Crippen LogP contribution in [0.1, 0.15) is 22.7 Å². The number of hydrogen-bond acceptors (Lipinski definition) is 5. The number of benzene rings is 1. The van der Waals surface area contributed by atoms with E-state index in [4.69, 9.17) is 9.51 Å². The van der Waals surface area contributed by atoms with Crippen LogP contribution in [0, 0.1) is 20.8 Å². The van der Waals surface area contributed by atoms with E-state index in [9.17, 15) is 0 Å². The van der Waals surface area contributed by atoms with E-state index in [-0.39, 0.29) is 0 Å². The summed E-state index contributed by atoms with van der Waals surface area (Å²) in [5.41, 5.74) is 6.16. The summed E-state index contributed by atoms with van der Waals surface area (Å²) in [6, 6.07) is 14.3. The molecule has 1 aromatic carbocycles. The molecule has 4 aromatic rings. The molecule has 0 aliphatic heterocycles. The second-order valence-electron chi connectivity index (χ2n) is 6.06. The molecule has 0 bridgehead atoms. The van der Waals surface area contributed by atoms with Gasteiger partial charge >= 0.3 is 0 Å². The second kappa shape index (κ2) is 6.37. The average molecular weight is 350 g/mol. The number of hydrogen-bond donors (Lipinski definition) is 0. The summed E-state index contributed by atoms with van der Waals surface area (Å²) in [4.78, 5) is 4.89. The number of aryl methyl sites for hydroxylation is 3. The number of fused-ring (bicyclic) bond motifs is 1. The molecule has 0 aliphatic carbocycles. The molecule has 0 aliphatic rings. The van der Waals surface area contributed by atoms with Gasteiger partial charge in [-0.15, -0.1) is 0 Å². The van der Waals surface area contributed by atoms with Crippen LogP contribution in [0.15, 0.2) is 52.1 Å². The highest BCUT2D eigenvalue weighted by molar-refractivity contribution is 7.98. The third kappa shape index (κ3) is 3.05. The zero-order valence-electron chi connectivity index (χ0n) is 14.4. The molecule has 0 N–H and O–H groups in total. The fourth-order valence-electron chi connectivity index (χ4n) is 2.92. The maximum absolute atomic E-state index is 5.15. The molecule has 0 atom stereocenters. The van der Waals surface area contributed by atoms with Gasteiger partial charge in [0.15, 0.2) is 5.16 Å². The first-order chi connectivity index (χ1) is 12.1. The van der Waals surface area contributed by atoms with E-state index in [0.717, 1.165) is 39.1 Å². The van der Waals surface area contributed by atoms with E-state index in [1.54, 1.807) is 11.8 Å². The lowest BCUT2D eigenvalue weighted by molar-refractivity contribution is 0.393. The minimum atomic E-state index is 0.694. The lowest BCUT2D eigenvalue weighted by atomic mass is 10.1. The van der Waals surface area contributed by atoms with Crippen LogP contribution < -0.4 is 0 Å². The molecule has 25 heavy (non-hydrogen) atoms.